The van der Waals surface area contributed by atoms with Crippen LogP contribution < -0.4 is 14.2 Å². The average molecular weight is 423 g/mol. The lowest BCUT2D eigenvalue weighted by atomic mass is 10.1. The molecule has 0 radical (unpaired) electrons. The Labute approximate surface area is 175 Å². The molecule has 30 heavy (non-hydrogen) atoms. The van der Waals surface area contributed by atoms with E-state index in [0.29, 0.717) is 17.2 Å². The number of nitrogens with one attached hydrogen (secondary N) is 1. The summed E-state index contributed by atoms with van der Waals surface area (Å²) in [5, 5.41) is 0. The molecule has 0 saturated carbocycles. The molecule has 0 aliphatic carbocycles. The number of fused-ring (bicyclic) bond motifs is 1. The molecule has 0 aliphatic rings. The van der Waals surface area contributed by atoms with Crippen LogP contribution in [-0.4, -0.2) is 32.0 Å². The zero-order valence-corrected chi connectivity index (χ0v) is 17.6. The monoisotopic (exact) mass is 423 g/mol. The molecule has 0 bridgehead atoms. The zero-order chi connectivity index (χ0) is 21.3. The summed E-state index contributed by atoms with van der Waals surface area (Å²) in [6, 6.07) is 15.4. The molecule has 4 rings (SSSR count). The molecule has 1 N–H and O–H groups in total. The van der Waals surface area contributed by atoms with Crippen molar-refractivity contribution in [3.05, 3.63) is 72.6 Å². The second-order valence-electron chi connectivity index (χ2n) is 6.79. The highest BCUT2D eigenvalue weighted by molar-refractivity contribution is 7.92. The molecule has 0 unspecified atom stereocenters. The Bertz CT molecular complexity index is 1310. The highest BCUT2D eigenvalue weighted by atomic mass is 32.2. The molecule has 2 aromatic heterocycles. The van der Waals surface area contributed by atoms with E-state index < -0.39 is 10.0 Å². The van der Waals surface area contributed by atoms with Gasteiger partial charge in [-0.25, -0.2) is 13.4 Å². The SMILES string of the molecule is COc1ccc(S(=O)(=O)Nc2cc(-c3cn4ccc(C)cc4n3)ccc2OC)cc1. The first-order chi connectivity index (χ1) is 14.4. The van der Waals surface area contributed by atoms with Crippen molar-refractivity contribution in [1.82, 2.24) is 9.38 Å². The van der Waals surface area contributed by atoms with Gasteiger partial charge in [-0.3, -0.25) is 4.72 Å². The molecular weight excluding hydrogens is 402 g/mol. The van der Waals surface area contributed by atoms with E-state index in [1.165, 1.54) is 26.4 Å². The Morgan fingerprint density at radius 1 is 0.967 bits per heavy atom. The fourth-order valence-electron chi connectivity index (χ4n) is 3.13. The van der Waals surface area contributed by atoms with Gasteiger partial charge in [-0.15, -0.1) is 0 Å². The number of pyridine rings is 1. The second kappa shape index (κ2) is 7.72. The van der Waals surface area contributed by atoms with E-state index in [1.54, 1.807) is 24.3 Å². The van der Waals surface area contributed by atoms with E-state index in [-0.39, 0.29) is 4.90 Å². The highest BCUT2D eigenvalue weighted by Crippen LogP contribution is 2.32. The van der Waals surface area contributed by atoms with Crippen molar-refractivity contribution >= 4 is 21.4 Å². The second-order valence-corrected chi connectivity index (χ2v) is 8.47. The number of hydrogen-bond donors (Lipinski definition) is 1. The maximum absolute atomic E-state index is 12.9. The van der Waals surface area contributed by atoms with E-state index in [4.69, 9.17) is 9.47 Å². The maximum atomic E-state index is 12.9. The third kappa shape index (κ3) is 3.81. The fourth-order valence-corrected chi connectivity index (χ4v) is 4.19. The van der Waals surface area contributed by atoms with Crippen molar-refractivity contribution in [2.75, 3.05) is 18.9 Å². The largest absolute Gasteiger partial charge is 0.497 e. The van der Waals surface area contributed by atoms with Gasteiger partial charge >= 0.3 is 0 Å². The number of nitrogens with zero attached hydrogens (tertiary/aromatic N) is 2. The van der Waals surface area contributed by atoms with Gasteiger partial charge in [0, 0.05) is 18.0 Å². The van der Waals surface area contributed by atoms with Crippen LogP contribution in [0.1, 0.15) is 5.56 Å². The Kier molecular flexibility index (Phi) is 5.09. The molecule has 0 spiro atoms. The molecule has 7 nitrogen and oxygen atoms in total. The van der Waals surface area contributed by atoms with Crippen molar-refractivity contribution in [3.63, 3.8) is 0 Å². The van der Waals surface area contributed by atoms with Gasteiger partial charge < -0.3 is 13.9 Å². The minimum absolute atomic E-state index is 0.124. The third-order valence-corrected chi connectivity index (χ3v) is 6.11. The molecule has 2 aromatic carbocycles. The van der Waals surface area contributed by atoms with Crippen molar-refractivity contribution in [2.24, 2.45) is 0 Å². The third-order valence-electron chi connectivity index (χ3n) is 4.73. The minimum atomic E-state index is -3.81. The van der Waals surface area contributed by atoms with Crippen molar-refractivity contribution in [3.8, 4) is 22.8 Å². The first-order valence-electron chi connectivity index (χ1n) is 9.20. The Hall–Kier alpha value is -3.52. The van der Waals surface area contributed by atoms with E-state index in [1.807, 2.05) is 41.9 Å². The Morgan fingerprint density at radius 3 is 2.43 bits per heavy atom. The van der Waals surface area contributed by atoms with Crippen molar-refractivity contribution in [1.29, 1.82) is 0 Å². The summed E-state index contributed by atoms with van der Waals surface area (Å²) in [7, 11) is -0.791. The number of anilines is 1. The lowest BCUT2D eigenvalue weighted by Crippen LogP contribution is -2.13. The highest BCUT2D eigenvalue weighted by Gasteiger charge is 2.18. The van der Waals surface area contributed by atoms with Crippen LogP contribution in [0.3, 0.4) is 0 Å². The molecular formula is C22H21N3O4S. The topological polar surface area (TPSA) is 81.9 Å². The van der Waals surface area contributed by atoms with E-state index in [9.17, 15) is 8.42 Å². The summed E-state index contributed by atoms with van der Waals surface area (Å²) in [5.74, 6) is 0.992. The van der Waals surface area contributed by atoms with Crippen LogP contribution in [0.4, 0.5) is 5.69 Å². The molecule has 2 heterocycles. The van der Waals surface area contributed by atoms with Crippen LogP contribution in [0.25, 0.3) is 16.9 Å². The summed E-state index contributed by atoms with van der Waals surface area (Å²) < 4.78 is 40.7. The number of ether oxygens (including phenoxy) is 2. The van der Waals surface area contributed by atoms with Crippen LogP contribution in [0, 0.1) is 6.92 Å². The van der Waals surface area contributed by atoms with Gasteiger partial charge in [-0.1, -0.05) is 0 Å². The van der Waals surface area contributed by atoms with Gasteiger partial charge in [0.1, 0.15) is 17.1 Å². The number of aryl methyl sites for hydroxylation is 1. The standard InChI is InChI=1S/C22H21N3O4S/c1-15-10-11-25-14-20(23-22(25)12-15)16-4-9-21(29-3)19(13-16)24-30(26,27)18-7-5-17(28-2)6-8-18/h4-14,24H,1-3H3. The van der Waals surface area contributed by atoms with Gasteiger partial charge in [-0.2, -0.15) is 0 Å². The predicted molar refractivity (Wildman–Crippen MR) is 116 cm³/mol. The van der Waals surface area contributed by atoms with Gasteiger partial charge in [0.05, 0.1) is 30.5 Å². The number of aromatic nitrogens is 2. The van der Waals surface area contributed by atoms with Gasteiger partial charge in [0.15, 0.2) is 0 Å². The average Bonchev–Trinajstić information content (AvgIpc) is 3.16. The maximum Gasteiger partial charge on any atom is 0.262 e. The summed E-state index contributed by atoms with van der Waals surface area (Å²) in [6.45, 7) is 2.01. The number of methoxy groups -OCH3 is 2. The summed E-state index contributed by atoms with van der Waals surface area (Å²) in [5.41, 5.74) is 3.76. The molecule has 0 atom stereocenters. The number of hydrogen-bond acceptors (Lipinski definition) is 5. The number of sulfonamides is 1. The number of benzene rings is 2. The first kappa shape index (κ1) is 19.8. The molecule has 154 valence electrons. The smallest absolute Gasteiger partial charge is 0.262 e. The van der Waals surface area contributed by atoms with Crippen molar-refractivity contribution < 1.29 is 17.9 Å². The minimum Gasteiger partial charge on any atom is -0.497 e. The number of imidazole rings is 1. The lowest BCUT2D eigenvalue weighted by molar-refractivity contribution is 0.414. The first-order valence-corrected chi connectivity index (χ1v) is 10.7. The van der Waals surface area contributed by atoms with Gasteiger partial charge in [-0.05, 0) is 67.1 Å². The number of rotatable bonds is 6. The normalized spacial score (nSPS) is 11.4. The zero-order valence-electron chi connectivity index (χ0n) is 16.8. The van der Waals surface area contributed by atoms with Gasteiger partial charge in [0.2, 0.25) is 0 Å². The predicted octanol–water partition coefficient (Wildman–Crippen LogP) is 4.13. The van der Waals surface area contributed by atoms with E-state index >= 15 is 0 Å². The van der Waals surface area contributed by atoms with Crippen LogP contribution in [-0.2, 0) is 10.0 Å². The molecule has 0 amide bonds. The quantitative estimate of drug-likeness (QED) is 0.504. The fraction of sp³-hybridized carbons (Fsp3) is 0.136. The summed E-state index contributed by atoms with van der Waals surface area (Å²) >= 11 is 0. The molecule has 0 fully saturated rings. The van der Waals surface area contributed by atoms with Crippen LogP contribution in [0.2, 0.25) is 0 Å². The van der Waals surface area contributed by atoms with Crippen LogP contribution >= 0.6 is 0 Å². The summed E-state index contributed by atoms with van der Waals surface area (Å²) in [6.07, 6.45) is 3.84. The van der Waals surface area contributed by atoms with E-state index in [0.717, 1.165) is 22.5 Å². The van der Waals surface area contributed by atoms with Gasteiger partial charge in [0.25, 0.3) is 10.0 Å². The van der Waals surface area contributed by atoms with Crippen LogP contribution in [0.15, 0.2) is 71.9 Å². The molecule has 8 heteroatoms. The molecule has 0 aliphatic heterocycles. The van der Waals surface area contributed by atoms with E-state index in [2.05, 4.69) is 9.71 Å². The Balaban J connectivity index is 1.71. The Morgan fingerprint density at radius 2 is 1.73 bits per heavy atom. The summed E-state index contributed by atoms with van der Waals surface area (Å²) in [4.78, 5) is 4.77. The lowest BCUT2D eigenvalue weighted by Gasteiger charge is -2.13. The van der Waals surface area contributed by atoms with Crippen LogP contribution in [0.5, 0.6) is 11.5 Å². The molecule has 4 aromatic rings. The molecule has 0 saturated heterocycles. The van der Waals surface area contributed by atoms with Crippen molar-refractivity contribution in [2.45, 2.75) is 11.8 Å².